The summed E-state index contributed by atoms with van der Waals surface area (Å²) in [6.45, 7) is 2.73. The highest BCUT2D eigenvalue weighted by Crippen LogP contribution is 2.50. The molecule has 3 aliphatic rings. The Hall–Kier alpha value is -0.610. The molecule has 3 fully saturated rings. The summed E-state index contributed by atoms with van der Waals surface area (Å²) in [4.78, 5) is 10.8. The maximum absolute atomic E-state index is 10.8. The van der Waals surface area contributed by atoms with E-state index in [0.29, 0.717) is 13.2 Å². The largest absolute Gasteiger partial charge is 0.371 e. The van der Waals surface area contributed by atoms with Crippen LogP contribution < -0.4 is 11.1 Å². The molecular formula is C8H14N2O2. The van der Waals surface area contributed by atoms with E-state index >= 15 is 0 Å². The third kappa shape index (κ3) is 0.949. The van der Waals surface area contributed by atoms with Gasteiger partial charge in [0.2, 0.25) is 5.91 Å². The predicted molar refractivity (Wildman–Crippen MR) is 43.5 cm³/mol. The highest BCUT2D eigenvalue weighted by molar-refractivity contribution is 5.74. The van der Waals surface area contributed by atoms with Crippen LogP contribution in [0.25, 0.3) is 0 Å². The molecule has 3 rings (SSSR count). The molecule has 0 aromatic carbocycles. The molecule has 1 amide bonds. The fourth-order valence-electron chi connectivity index (χ4n) is 2.38. The fourth-order valence-corrected chi connectivity index (χ4v) is 2.38. The summed E-state index contributed by atoms with van der Waals surface area (Å²) in [5.74, 6) is 0.0196. The van der Waals surface area contributed by atoms with Gasteiger partial charge in [-0.05, 0) is 0 Å². The lowest BCUT2D eigenvalue weighted by molar-refractivity contribution is -0.121. The van der Waals surface area contributed by atoms with E-state index in [1.807, 2.05) is 0 Å². The maximum atomic E-state index is 10.8. The van der Waals surface area contributed by atoms with Crippen LogP contribution in [-0.2, 0) is 9.53 Å². The molecule has 2 saturated heterocycles. The van der Waals surface area contributed by atoms with Crippen LogP contribution >= 0.6 is 0 Å². The van der Waals surface area contributed by atoms with Crippen LogP contribution in [0.3, 0.4) is 0 Å². The van der Waals surface area contributed by atoms with E-state index in [0.717, 1.165) is 12.8 Å². The molecule has 0 atom stereocenters. The molecule has 1 aliphatic carbocycles. The van der Waals surface area contributed by atoms with Gasteiger partial charge in [0.25, 0.3) is 0 Å². The Bertz CT molecular complexity index is 221. The lowest BCUT2D eigenvalue weighted by Crippen LogP contribution is -2.61. The Balaban J connectivity index is 2.00. The van der Waals surface area contributed by atoms with Gasteiger partial charge in [0, 0.05) is 26.3 Å². The maximum Gasteiger partial charge on any atom is 0.217 e. The zero-order chi connectivity index (χ0) is 8.82. The molecule has 2 heterocycles. The van der Waals surface area contributed by atoms with Crippen molar-refractivity contribution >= 4 is 5.91 Å². The van der Waals surface area contributed by atoms with Crippen molar-refractivity contribution in [1.82, 2.24) is 5.32 Å². The van der Waals surface area contributed by atoms with Crippen LogP contribution in [-0.4, -0.2) is 30.2 Å². The van der Waals surface area contributed by atoms with Gasteiger partial charge < -0.3 is 15.8 Å². The molecule has 0 aromatic rings. The van der Waals surface area contributed by atoms with Crippen molar-refractivity contribution in [2.75, 3.05) is 13.2 Å². The molecule has 0 spiro atoms. The van der Waals surface area contributed by atoms with Crippen molar-refractivity contribution < 1.29 is 9.53 Å². The molecule has 4 heteroatoms. The highest BCUT2D eigenvalue weighted by atomic mass is 16.5. The van der Waals surface area contributed by atoms with Gasteiger partial charge in [-0.15, -0.1) is 0 Å². The second-order valence-electron chi connectivity index (χ2n) is 3.99. The first-order chi connectivity index (χ1) is 5.60. The molecule has 0 radical (unpaired) electrons. The molecule has 4 nitrogen and oxygen atoms in total. The molecule has 0 unspecified atom stereocenters. The topological polar surface area (TPSA) is 64.3 Å². The Morgan fingerprint density at radius 2 is 2.33 bits per heavy atom. The Morgan fingerprint density at radius 3 is 2.75 bits per heavy atom. The second kappa shape index (κ2) is 2.20. The van der Waals surface area contributed by atoms with Gasteiger partial charge in [0.1, 0.15) is 0 Å². The van der Waals surface area contributed by atoms with Gasteiger partial charge in [-0.2, -0.15) is 0 Å². The summed E-state index contributed by atoms with van der Waals surface area (Å²) in [6, 6.07) is 0. The van der Waals surface area contributed by atoms with E-state index in [9.17, 15) is 4.79 Å². The summed E-state index contributed by atoms with van der Waals surface area (Å²) in [5, 5.41) is 2.92. The first kappa shape index (κ1) is 8.01. The van der Waals surface area contributed by atoms with Crippen molar-refractivity contribution in [3.63, 3.8) is 0 Å². The number of carbonyl (C=O) groups excluding carboxylic acids is 1. The van der Waals surface area contributed by atoms with Crippen LogP contribution in [0, 0.1) is 0 Å². The Labute approximate surface area is 71.4 Å². The third-order valence-electron chi connectivity index (χ3n) is 2.79. The van der Waals surface area contributed by atoms with Crippen LogP contribution in [0.5, 0.6) is 0 Å². The molecule has 0 aromatic heterocycles. The van der Waals surface area contributed by atoms with E-state index in [1.165, 1.54) is 6.92 Å². The molecule has 12 heavy (non-hydrogen) atoms. The smallest absolute Gasteiger partial charge is 0.217 e. The summed E-state index contributed by atoms with van der Waals surface area (Å²) >= 11 is 0. The number of ether oxygens (including phenoxy) is 1. The molecule has 3 N–H and O–H groups in total. The van der Waals surface area contributed by atoms with Crippen molar-refractivity contribution in [3.8, 4) is 0 Å². The number of hydrogen-bond donors (Lipinski definition) is 2. The lowest BCUT2D eigenvalue weighted by Gasteiger charge is -2.43. The monoisotopic (exact) mass is 170 g/mol. The predicted octanol–water partition coefficient (Wildman–Crippen LogP) is -0.617. The van der Waals surface area contributed by atoms with Gasteiger partial charge in [-0.1, -0.05) is 0 Å². The lowest BCUT2D eigenvalue weighted by atomic mass is 9.68. The first-order valence-corrected chi connectivity index (χ1v) is 4.23. The first-order valence-electron chi connectivity index (χ1n) is 4.23. The Kier molecular flexibility index (Phi) is 1.47. The summed E-state index contributed by atoms with van der Waals surface area (Å²) in [5.41, 5.74) is 5.37. The van der Waals surface area contributed by atoms with Gasteiger partial charge in [-0.25, -0.2) is 0 Å². The fraction of sp³-hybridized carbons (Fsp3) is 0.875. The number of nitrogens with one attached hydrogen (secondary N) is 1. The van der Waals surface area contributed by atoms with Crippen LogP contribution in [0.4, 0.5) is 0 Å². The summed E-state index contributed by atoms with van der Waals surface area (Å²) in [6.07, 6.45) is 1.77. The van der Waals surface area contributed by atoms with Gasteiger partial charge >= 0.3 is 0 Å². The zero-order valence-corrected chi connectivity index (χ0v) is 7.22. The molecule has 68 valence electrons. The quantitative estimate of drug-likeness (QED) is 0.580. The van der Waals surface area contributed by atoms with E-state index in [1.54, 1.807) is 0 Å². The number of carbonyl (C=O) groups is 1. The van der Waals surface area contributed by atoms with Crippen molar-refractivity contribution in [2.45, 2.75) is 30.9 Å². The minimum absolute atomic E-state index is 0.0196. The normalized spacial score (nSPS) is 43.8. The minimum Gasteiger partial charge on any atom is -0.371 e. The van der Waals surface area contributed by atoms with E-state index in [2.05, 4.69) is 5.32 Å². The second-order valence-corrected chi connectivity index (χ2v) is 3.99. The van der Waals surface area contributed by atoms with Crippen LogP contribution in [0.15, 0.2) is 0 Å². The average molecular weight is 170 g/mol. The molecule has 2 aliphatic heterocycles. The molecule has 2 bridgehead atoms. The SMILES string of the molecule is CC(=O)NC12COC(CN)(C1)C2. The third-order valence-corrected chi connectivity index (χ3v) is 2.79. The van der Waals surface area contributed by atoms with Crippen LogP contribution in [0.1, 0.15) is 19.8 Å². The summed E-state index contributed by atoms with van der Waals surface area (Å²) < 4.78 is 5.53. The van der Waals surface area contributed by atoms with Crippen LogP contribution in [0.2, 0.25) is 0 Å². The number of rotatable bonds is 2. The van der Waals surface area contributed by atoms with Crippen molar-refractivity contribution in [3.05, 3.63) is 0 Å². The van der Waals surface area contributed by atoms with E-state index in [4.69, 9.17) is 10.5 Å². The highest BCUT2D eigenvalue weighted by Gasteiger charge is 2.62. The zero-order valence-electron chi connectivity index (χ0n) is 7.22. The van der Waals surface area contributed by atoms with Gasteiger partial charge in [0.15, 0.2) is 0 Å². The van der Waals surface area contributed by atoms with E-state index < -0.39 is 0 Å². The number of amides is 1. The van der Waals surface area contributed by atoms with Gasteiger partial charge in [0.05, 0.1) is 17.7 Å². The standard InChI is InChI=1S/C8H14N2O2/c1-6(11)10-7-2-8(3-7,4-9)12-5-7/h2-5,9H2,1H3,(H,10,11). The van der Waals surface area contributed by atoms with Gasteiger partial charge in [-0.3, -0.25) is 4.79 Å². The van der Waals surface area contributed by atoms with E-state index in [-0.39, 0.29) is 17.0 Å². The molecular weight excluding hydrogens is 156 g/mol. The number of hydrogen-bond acceptors (Lipinski definition) is 3. The minimum atomic E-state index is -0.109. The number of nitrogens with two attached hydrogens (primary N) is 1. The molecule has 1 saturated carbocycles. The Morgan fingerprint density at radius 1 is 1.67 bits per heavy atom. The number of fused-ring (bicyclic) bond motifs is 1. The van der Waals surface area contributed by atoms with Crippen molar-refractivity contribution in [2.24, 2.45) is 5.73 Å². The summed E-state index contributed by atoms with van der Waals surface area (Å²) in [7, 11) is 0. The average Bonchev–Trinajstić information content (AvgIpc) is 2.40. The van der Waals surface area contributed by atoms with Crippen molar-refractivity contribution in [1.29, 1.82) is 0 Å².